The molecule has 0 aliphatic carbocycles. The number of nitrogens with zero attached hydrogens (tertiary/aromatic N) is 1. The Labute approximate surface area is 111 Å². The second kappa shape index (κ2) is 6.24. The van der Waals surface area contributed by atoms with Crippen LogP contribution in [-0.4, -0.2) is 30.6 Å². The minimum Gasteiger partial charge on any atom is -0.385 e. The molecule has 1 N–H and O–H groups in total. The molecule has 0 aromatic heterocycles. The average Bonchev–Trinajstić information content (AvgIpc) is 2.44. The molecule has 18 heavy (non-hydrogen) atoms. The molecule has 1 aromatic carbocycles. The van der Waals surface area contributed by atoms with E-state index in [0.29, 0.717) is 12.0 Å². The number of rotatable bonds is 5. The zero-order valence-electron chi connectivity index (χ0n) is 11.9. The lowest BCUT2D eigenvalue weighted by atomic mass is 9.90. The molecule has 2 heteroatoms. The zero-order chi connectivity index (χ0) is 13.0. The maximum absolute atomic E-state index is 3.51. The molecule has 0 fully saturated rings. The lowest BCUT2D eigenvalue weighted by Crippen LogP contribution is -2.37. The Hall–Kier alpha value is -1.02. The van der Waals surface area contributed by atoms with Gasteiger partial charge in [0, 0.05) is 30.7 Å². The first-order valence-electron chi connectivity index (χ1n) is 7.33. The Balaban J connectivity index is 2.10. The minimum atomic E-state index is 0.691. The second-order valence-corrected chi connectivity index (χ2v) is 5.34. The van der Waals surface area contributed by atoms with Crippen molar-refractivity contribution in [1.29, 1.82) is 0 Å². The molecule has 0 bridgehead atoms. The quantitative estimate of drug-likeness (QED) is 0.852. The molecule has 0 saturated heterocycles. The summed E-state index contributed by atoms with van der Waals surface area (Å²) >= 11 is 0. The summed E-state index contributed by atoms with van der Waals surface area (Å²) < 4.78 is 0. The van der Waals surface area contributed by atoms with Crippen LogP contribution in [0.2, 0.25) is 0 Å². The highest BCUT2D eigenvalue weighted by Crippen LogP contribution is 2.32. The first-order chi connectivity index (χ1) is 8.76. The fourth-order valence-corrected chi connectivity index (χ4v) is 2.90. The van der Waals surface area contributed by atoms with E-state index >= 15 is 0 Å². The van der Waals surface area contributed by atoms with Crippen LogP contribution in [0.5, 0.6) is 0 Å². The molecule has 100 valence electrons. The van der Waals surface area contributed by atoms with Gasteiger partial charge in [-0.05, 0) is 37.9 Å². The summed E-state index contributed by atoms with van der Waals surface area (Å²) in [5.41, 5.74) is 2.85. The number of anilines is 1. The number of fused-ring (bicyclic) bond motifs is 1. The van der Waals surface area contributed by atoms with Gasteiger partial charge in [0.2, 0.25) is 0 Å². The Bertz CT molecular complexity index is 375. The molecule has 2 atom stereocenters. The highest BCUT2D eigenvalue weighted by molar-refractivity contribution is 5.54. The summed E-state index contributed by atoms with van der Waals surface area (Å²) in [6.07, 6.45) is 2.49. The van der Waals surface area contributed by atoms with E-state index in [1.807, 2.05) is 0 Å². The molecule has 0 amide bonds. The van der Waals surface area contributed by atoms with E-state index in [4.69, 9.17) is 0 Å². The Morgan fingerprint density at radius 2 is 2.11 bits per heavy atom. The summed E-state index contributed by atoms with van der Waals surface area (Å²) in [5.74, 6) is 0.691. The van der Waals surface area contributed by atoms with Crippen LogP contribution in [0.25, 0.3) is 0 Å². The second-order valence-electron chi connectivity index (χ2n) is 5.34. The Morgan fingerprint density at radius 3 is 2.83 bits per heavy atom. The van der Waals surface area contributed by atoms with E-state index in [9.17, 15) is 0 Å². The van der Waals surface area contributed by atoms with Gasteiger partial charge in [0.05, 0.1) is 0 Å². The van der Waals surface area contributed by atoms with E-state index in [0.717, 1.165) is 13.1 Å². The van der Waals surface area contributed by atoms with Gasteiger partial charge in [-0.2, -0.15) is 0 Å². The monoisotopic (exact) mass is 246 g/mol. The first-order valence-corrected chi connectivity index (χ1v) is 7.33. The van der Waals surface area contributed by atoms with Crippen molar-refractivity contribution in [3.8, 4) is 0 Å². The smallest absolute Gasteiger partial charge is 0.0376 e. The van der Waals surface area contributed by atoms with Crippen molar-refractivity contribution in [2.24, 2.45) is 0 Å². The molecule has 1 aliphatic rings. The number of nitrogens with one attached hydrogen (secondary N) is 1. The molecule has 1 heterocycles. The number of likely N-dealkylation sites (N-methyl/N-ethyl adjacent to an activating group) is 1. The molecule has 2 unspecified atom stereocenters. The highest BCUT2D eigenvalue weighted by Gasteiger charge is 2.22. The predicted molar refractivity (Wildman–Crippen MR) is 79.3 cm³/mol. The maximum atomic E-state index is 3.51. The summed E-state index contributed by atoms with van der Waals surface area (Å²) in [4.78, 5) is 2.62. The van der Waals surface area contributed by atoms with Crippen LogP contribution in [-0.2, 0) is 0 Å². The van der Waals surface area contributed by atoms with Crippen molar-refractivity contribution in [3.05, 3.63) is 29.8 Å². The van der Waals surface area contributed by atoms with Gasteiger partial charge < -0.3 is 10.2 Å². The van der Waals surface area contributed by atoms with Crippen LogP contribution in [0.1, 0.15) is 45.1 Å². The first kappa shape index (κ1) is 13.4. The van der Waals surface area contributed by atoms with E-state index in [1.54, 1.807) is 0 Å². The van der Waals surface area contributed by atoms with E-state index in [2.05, 4.69) is 55.3 Å². The molecular formula is C16H26N2. The van der Waals surface area contributed by atoms with Crippen molar-refractivity contribution >= 4 is 5.69 Å². The van der Waals surface area contributed by atoms with Gasteiger partial charge in [-0.15, -0.1) is 0 Å². The molecule has 0 radical (unpaired) electrons. The Morgan fingerprint density at radius 1 is 1.33 bits per heavy atom. The van der Waals surface area contributed by atoms with Crippen molar-refractivity contribution in [3.63, 3.8) is 0 Å². The van der Waals surface area contributed by atoms with E-state index < -0.39 is 0 Å². The van der Waals surface area contributed by atoms with Crippen LogP contribution in [0.15, 0.2) is 24.3 Å². The van der Waals surface area contributed by atoms with Gasteiger partial charge in [0.25, 0.3) is 0 Å². The normalized spacial score (nSPS) is 20.3. The zero-order valence-corrected chi connectivity index (χ0v) is 11.9. The number of benzene rings is 1. The van der Waals surface area contributed by atoms with Gasteiger partial charge in [-0.3, -0.25) is 0 Å². The van der Waals surface area contributed by atoms with Crippen molar-refractivity contribution in [2.45, 2.75) is 45.6 Å². The third kappa shape index (κ3) is 2.86. The standard InChI is InChI=1S/C16H26N2/c1-4-13(3)18(5-2)12-14-10-11-17-16-9-7-6-8-15(14)16/h6-9,13-14,17H,4-5,10-12H2,1-3H3. The van der Waals surface area contributed by atoms with Gasteiger partial charge >= 0.3 is 0 Å². The third-order valence-corrected chi connectivity index (χ3v) is 4.28. The van der Waals surface area contributed by atoms with Crippen LogP contribution in [0.3, 0.4) is 0 Å². The molecule has 1 aromatic rings. The molecule has 1 aliphatic heterocycles. The number of hydrogen-bond acceptors (Lipinski definition) is 2. The summed E-state index contributed by atoms with van der Waals surface area (Å²) in [5, 5.41) is 3.51. The molecule has 2 rings (SSSR count). The van der Waals surface area contributed by atoms with Crippen LogP contribution >= 0.6 is 0 Å². The topological polar surface area (TPSA) is 15.3 Å². The SMILES string of the molecule is CCC(C)N(CC)CC1CCNc2ccccc21. The average molecular weight is 246 g/mol. The summed E-state index contributed by atoms with van der Waals surface area (Å²) in [6.45, 7) is 10.4. The Kier molecular flexibility index (Phi) is 4.65. The molecular weight excluding hydrogens is 220 g/mol. The number of hydrogen-bond donors (Lipinski definition) is 1. The molecule has 2 nitrogen and oxygen atoms in total. The lowest BCUT2D eigenvalue weighted by Gasteiger charge is -2.34. The number of para-hydroxylation sites is 1. The fourth-order valence-electron chi connectivity index (χ4n) is 2.90. The van der Waals surface area contributed by atoms with Gasteiger partial charge in [-0.1, -0.05) is 32.0 Å². The fraction of sp³-hybridized carbons (Fsp3) is 0.625. The van der Waals surface area contributed by atoms with Crippen LogP contribution in [0, 0.1) is 0 Å². The lowest BCUT2D eigenvalue weighted by molar-refractivity contribution is 0.198. The summed E-state index contributed by atoms with van der Waals surface area (Å²) in [6, 6.07) is 9.48. The largest absolute Gasteiger partial charge is 0.385 e. The van der Waals surface area contributed by atoms with Gasteiger partial charge in [0.15, 0.2) is 0 Å². The van der Waals surface area contributed by atoms with Crippen molar-refractivity contribution < 1.29 is 0 Å². The van der Waals surface area contributed by atoms with E-state index in [1.165, 1.54) is 30.6 Å². The van der Waals surface area contributed by atoms with Gasteiger partial charge in [0.1, 0.15) is 0 Å². The van der Waals surface area contributed by atoms with Gasteiger partial charge in [-0.25, -0.2) is 0 Å². The predicted octanol–water partition coefficient (Wildman–Crippen LogP) is 3.71. The van der Waals surface area contributed by atoms with E-state index in [-0.39, 0.29) is 0 Å². The van der Waals surface area contributed by atoms with Crippen LogP contribution < -0.4 is 5.32 Å². The third-order valence-electron chi connectivity index (χ3n) is 4.28. The molecule has 0 spiro atoms. The van der Waals surface area contributed by atoms with Crippen molar-refractivity contribution in [2.75, 3.05) is 25.0 Å². The van der Waals surface area contributed by atoms with Crippen LogP contribution in [0.4, 0.5) is 5.69 Å². The molecule has 0 saturated carbocycles. The highest BCUT2D eigenvalue weighted by atomic mass is 15.1. The maximum Gasteiger partial charge on any atom is 0.0376 e. The minimum absolute atomic E-state index is 0.691. The van der Waals surface area contributed by atoms with Crippen molar-refractivity contribution in [1.82, 2.24) is 4.90 Å². The summed E-state index contributed by atoms with van der Waals surface area (Å²) in [7, 11) is 0.